The normalized spacial score (nSPS) is 17.8. The maximum Gasteiger partial charge on any atom is 0.0787 e. The lowest BCUT2D eigenvalue weighted by molar-refractivity contribution is 0.173. The third-order valence-corrected chi connectivity index (χ3v) is 4.33. The molecule has 3 heteroatoms. The van der Waals surface area contributed by atoms with Crippen molar-refractivity contribution in [3.8, 4) is 0 Å². The van der Waals surface area contributed by atoms with Crippen molar-refractivity contribution in [2.45, 2.75) is 45.3 Å². The van der Waals surface area contributed by atoms with Gasteiger partial charge in [0.15, 0.2) is 0 Å². The second-order valence-electron chi connectivity index (χ2n) is 5.78. The Morgan fingerprint density at radius 3 is 2.45 bits per heavy atom. The van der Waals surface area contributed by atoms with Crippen LogP contribution in [-0.2, 0) is 4.74 Å². The van der Waals surface area contributed by atoms with Gasteiger partial charge >= 0.3 is 0 Å². The van der Waals surface area contributed by atoms with Crippen molar-refractivity contribution < 1.29 is 9.84 Å². The Morgan fingerprint density at radius 1 is 1.30 bits per heavy atom. The van der Waals surface area contributed by atoms with Crippen LogP contribution in [0.4, 0.5) is 5.69 Å². The van der Waals surface area contributed by atoms with Crippen molar-refractivity contribution in [3.05, 3.63) is 29.8 Å². The van der Waals surface area contributed by atoms with Crippen molar-refractivity contribution in [1.29, 1.82) is 0 Å². The van der Waals surface area contributed by atoms with Gasteiger partial charge < -0.3 is 14.7 Å². The predicted octanol–water partition coefficient (Wildman–Crippen LogP) is 3.38. The molecule has 0 aromatic heterocycles. The fourth-order valence-corrected chi connectivity index (χ4v) is 2.71. The van der Waals surface area contributed by atoms with Gasteiger partial charge in [-0.05, 0) is 49.8 Å². The molecule has 0 spiro atoms. The molecule has 1 aliphatic rings. The van der Waals surface area contributed by atoms with Crippen molar-refractivity contribution >= 4 is 5.69 Å². The van der Waals surface area contributed by atoms with Crippen LogP contribution in [0.25, 0.3) is 0 Å². The summed E-state index contributed by atoms with van der Waals surface area (Å²) in [7, 11) is 1.75. The molecule has 1 unspecified atom stereocenters. The second-order valence-corrected chi connectivity index (χ2v) is 5.78. The Balaban J connectivity index is 2.10. The van der Waals surface area contributed by atoms with Gasteiger partial charge in [0.25, 0.3) is 0 Å². The molecule has 112 valence electrons. The van der Waals surface area contributed by atoms with E-state index < -0.39 is 0 Å². The number of methoxy groups -OCH3 is 1. The largest absolute Gasteiger partial charge is 0.388 e. The quantitative estimate of drug-likeness (QED) is 0.790. The maximum atomic E-state index is 9.87. The monoisotopic (exact) mass is 277 g/mol. The molecule has 1 aromatic carbocycles. The highest BCUT2D eigenvalue weighted by atomic mass is 16.5. The smallest absolute Gasteiger partial charge is 0.0787 e. The zero-order valence-electron chi connectivity index (χ0n) is 12.9. The third kappa shape index (κ3) is 3.74. The van der Waals surface area contributed by atoms with E-state index in [1.54, 1.807) is 7.11 Å². The molecule has 2 atom stereocenters. The lowest BCUT2D eigenvalue weighted by Gasteiger charge is -2.31. The second kappa shape index (κ2) is 7.09. The first-order valence-electron chi connectivity index (χ1n) is 7.71. The maximum absolute atomic E-state index is 9.87. The minimum absolute atomic E-state index is 0.350. The highest BCUT2D eigenvalue weighted by molar-refractivity contribution is 5.49. The lowest BCUT2D eigenvalue weighted by Crippen LogP contribution is -2.37. The number of anilines is 1. The van der Waals surface area contributed by atoms with Crippen LogP contribution in [0.1, 0.15) is 44.8 Å². The fourth-order valence-electron chi connectivity index (χ4n) is 2.71. The van der Waals surface area contributed by atoms with Crippen LogP contribution in [0.2, 0.25) is 0 Å². The Labute approximate surface area is 122 Å². The molecule has 0 aliphatic heterocycles. The number of aliphatic hydroxyl groups excluding tert-OH is 1. The fraction of sp³-hybridized carbons (Fsp3) is 0.647. The van der Waals surface area contributed by atoms with Crippen molar-refractivity contribution in [2.75, 3.05) is 25.2 Å². The van der Waals surface area contributed by atoms with Gasteiger partial charge in [0.1, 0.15) is 0 Å². The van der Waals surface area contributed by atoms with Crippen molar-refractivity contribution in [1.82, 2.24) is 0 Å². The van der Waals surface area contributed by atoms with Crippen LogP contribution in [0.5, 0.6) is 0 Å². The molecule has 0 radical (unpaired) electrons. The molecule has 0 heterocycles. The summed E-state index contributed by atoms with van der Waals surface area (Å²) >= 11 is 0. The van der Waals surface area contributed by atoms with Crippen molar-refractivity contribution in [2.24, 2.45) is 5.92 Å². The zero-order chi connectivity index (χ0) is 14.5. The predicted molar refractivity (Wildman–Crippen MR) is 83.1 cm³/mol. The number of rotatable bonds is 8. The number of nitrogens with zero attached hydrogens (tertiary/aromatic N) is 1. The van der Waals surface area contributed by atoms with Crippen LogP contribution >= 0.6 is 0 Å². The van der Waals surface area contributed by atoms with E-state index in [1.165, 1.54) is 18.5 Å². The summed E-state index contributed by atoms with van der Waals surface area (Å²) in [5.74, 6) is 0.827. The van der Waals surface area contributed by atoms with Gasteiger partial charge in [-0.3, -0.25) is 0 Å². The first-order valence-corrected chi connectivity index (χ1v) is 7.71. The molecule has 0 bridgehead atoms. The number of hydrogen-bond acceptors (Lipinski definition) is 3. The summed E-state index contributed by atoms with van der Waals surface area (Å²) in [4.78, 5) is 2.43. The van der Waals surface area contributed by atoms with Gasteiger partial charge in [0.2, 0.25) is 0 Å². The van der Waals surface area contributed by atoms with E-state index in [9.17, 15) is 5.11 Å². The van der Waals surface area contributed by atoms with Gasteiger partial charge in [-0.1, -0.05) is 19.1 Å². The van der Waals surface area contributed by atoms with Gasteiger partial charge in [-0.2, -0.15) is 0 Å². The van der Waals surface area contributed by atoms with Crippen LogP contribution in [0.15, 0.2) is 24.3 Å². The summed E-state index contributed by atoms with van der Waals surface area (Å²) in [6.45, 7) is 5.97. The third-order valence-electron chi connectivity index (χ3n) is 4.33. The van der Waals surface area contributed by atoms with Gasteiger partial charge in [0.05, 0.1) is 12.7 Å². The van der Waals surface area contributed by atoms with Crippen LogP contribution in [0, 0.1) is 5.92 Å². The Morgan fingerprint density at radius 2 is 1.95 bits per heavy atom. The minimum Gasteiger partial charge on any atom is -0.388 e. The average Bonchev–Trinajstić information content (AvgIpc) is 3.32. The summed E-state index contributed by atoms with van der Waals surface area (Å²) in [5.41, 5.74) is 2.23. The summed E-state index contributed by atoms with van der Waals surface area (Å²) < 4.78 is 5.24. The number of aliphatic hydroxyl groups is 1. The van der Waals surface area contributed by atoms with E-state index in [2.05, 4.69) is 24.0 Å². The van der Waals surface area contributed by atoms with Crippen LogP contribution in [-0.4, -0.2) is 31.4 Å². The number of hydrogen-bond donors (Lipinski definition) is 1. The van der Waals surface area contributed by atoms with Crippen molar-refractivity contribution in [3.63, 3.8) is 0 Å². The molecule has 1 fully saturated rings. The zero-order valence-corrected chi connectivity index (χ0v) is 12.9. The molecule has 1 aliphatic carbocycles. The Kier molecular flexibility index (Phi) is 5.44. The molecule has 3 nitrogen and oxygen atoms in total. The van der Waals surface area contributed by atoms with E-state index in [0.29, 0.717) is 6.04 Å². The molecule has 0 saturated heterocycles. The molecule has 1 aromatic rings. The van der Waals surface area contributed by atoms with Crippen LogP contribution < -0.4 is 4.90 Å². The summed E-state index contributed by atoms with van der Waals surface area (Å²) in [6, 6.07) is 8.91. The summed E-state index contributed by atoms with van der Waals surface area (Å²) in [6.07, 6.45) is 3.09. The molecule has 0 amide bonds. The number of benzene rings is 1. The van der Waals surface area contributed by atoms with E-state index in [4.69, 9.17) is 4.74 Å². The first kappa shape index (κ1) is 15.3. The van der Waals surface area contributed by atoms with E-state index in [0.717, 1.165) is 31.1 Å². The van der Waals surface area contributed by atoms with Gasteiger partial charge in [-0.25, -0.2) is 0 Å². The lowest BCUT2D eigenvalue weighted by atomic mass is 10.1. The van der Waals surface area contributed by atoms with E-state index in [1.807, 2.05) is 19.1 Å². The molecule has 1 N–H and O–H groups in total. The van der Waals surface area contributed by atoms with Crippen LogP contribution in [0.3, 0.4) is 0 Å². The first-order chi connectivity index (χ1) is 9.67. The van der Waals surface area contributed by atoms with Gasteiger partial charge in [-0.15, -0.1) is 0 Å². The standard InChI is InChI=1S/C17H27NO2/c1-4-17(19)15-7-9-16(10-8-15)18(11-12-20-3)13(2)14-5-6-14/h7-10,13-14,17,19H,4-6,11-12H2,1-3H3/t13?,17-/m0/s1. The molecular formula is C17H27NO2. The van der Waals surface area contributed by atoms with Gasteiger partial charge in [0, 0.05) is 25.4 Å². The van der Waals surface area contributed by atoms with E-state index >= 15 is 0 Å². The molecule has 20 heavy (non-hydrogen) atoms. The molecule has 2 rings (SSSR count). The Hall–Kier alpha value is -1.06. The minimum atomic E-state index is -0.350. The Bertz CT molecular complexity index is 400. The molecule has 1 saturated carbocycles. The molecular weight excluding hydrogens is 250 g/mol. The SMILES string of the molecule is CC[C@H](O)c1ccc(N(CCOC)C(C)C2CC2)cc1. The number of ether oxygens (including phenoxy) is 1. The highest BCUT2D eigenvalue weighted by Crippen LogP contribution is 2.37. The average molecular weight is 277 g/mol. The summed E-state index contributed by atoms with van der Waals surface area (Å²) in [5, 5.41) is 9.87. The highest BCUT2D eigenvalue weighted by Gasteiger charge is 2.32. The topological polar surface area (TPSA) is 32.7 Å². The van der Waals surface area contributed by atoms with E-state index in [-0.39, 0.29) is 6.10 Å².